The van der Waals surface area contributed by atoms with Crippen molar-refractivity contribution in [3.05, 3.63) is 143 Å². The molecule has 4 aromatic rings. The molecule has 0 aliphatic carbocycles. The quantitative estimate of drug-likeness (QED) is 0.357. The first kappa shape index (κ1) is 19.4. The minimum Gasteiger partial charge on any atom is -0.348 e. The lowest BCUT2D eigenvalue weighted by molar-refractivity contribution is -0.165. The summed E-state index contributed by atoms with van der Waals surface area (Å²) in [5.74, 6) is 0. The lowest BCUT2D eigenvalue weighted by Crippen LogP contribution is -2.52. The van der Waals surface area contributed by atoms with Crippen LogP contribution in [0.5, 0.6) is 0 Å². The highest BCUT2D eigenvalue weighted by Gasteiger charge is 2.60. The summed E-state index contributed by atoms with van der Waals surface area (Å²) in [4.78, 5) is 2.40. The monoisotopic (exact) mass is 419 g/mol. The first-order chi connectivity index (χ1) is 15.9. The minimum atomic E-state index is -0.749. The maximum Gasteiger partial charge on any atom is 0.177 e. The first-order valence-electron chi connectivity index (χ1n) is 11.2. The lowest BCUT2D eigenvalue weighted by atomic mass is 9.84. The van der Waals surface area contributed by atoms with Crippen LogP contribution in [0.15, 0.2) is 115 Å². The van der Waals surface area contributed by atoms with Gasteiger partial charge < -0.3 is 9.47 Å². The van der Waals surface area contributed by atoms with E-state index >= 15 is 0 Å². The van der Waals surface area contributed by atoms with Crippen LogP contribution in [0.3, 0.4) is 0 Å². The molecule has 3 atom stereocenters. The van der Waals surface area contributed by atoms with Gasteiger partial charge in [-0.05, 0) is 16.7 Å². The van der Waals surface area contributed by atoms with Gasteiger partial charge in [-0.2, -0.15) is 0 Å². The predicted molar refractivity (Wildman–Crippen MR) is 124 cm³/mol. The largest absolute Gasteiger partial charge is 0.348 e. The van der Waals surface area contributed by atoms with Crippen molar-refractivity contribution in [1.82, 2.24) is 4.90 Å². The summed E-state index contributed by atoms with van der Waals surface area (Å²) >= 11 is 0. The van der Waals surface area contributed by atoms with E-state index in [1.807, 2.05) is 6.07 Å². The van der Waals surface area contributed by atoms with Crippen LogP contribution in [0.2, 0.25) is 0 Å². The summed E-state index contributed by atoms with van der Waals surface area (Å²) in [6.45, 7) is 1.24. The van der Waals surface area contributed by atoms with Crippen molar-refractivity contribution >= 4 is 0 Å². The summed E-state index contributed by atoms with van der Waals surface area (Å²) in [6.07, 6.45) is 0.0770. The molecule has 3 nitrogen and oxygen atoms in total. The molecule has 1 fully saturated rings. The Morgan fingerprint density at radius 1 is 0.688 bits per heavy atom. The van der Waals surface area contributed by atoms with Gasteiger partial charge in [0.15, 0.2) is 5.72 Å². The summed E-state index contributed by atoms with van der Waals surface area (Å²) in [6, 6.07) is 40.1. The number of epoxide rings is 1. The Morgan fingerprint density at radius 3 is 2.00 bits per heavy atom. The van der Waals surface area contributed by atoms with Gasteiger partial charge in [0.2, 0.25) is 0 Å². The molecule has 0 bridgehead atoms. The molecule has 3 heteroatoms. The Bertz CT molecular complexity index is 1200. The van der Waals surface area contributed by atoms with E-state index in [9.17, 15) is 0 Å². The number of fused-ring (bicyclic) bond motifs is 3. The molecule has 2 aliphatic heterocycles. The summed E-state index contributed by atoms with van der Waals surface area (Å²) in [5, 5.41) is 0. The predicted octanol–water partition coefficient (Wildman–Crippen LogP) is 6.02. The highest BCUT2D eigenvalue weighted by Crippen LogP contribution is 2.57. The molecule has 0 amide bonds. The van der Waals surface area contributed by atoms with Gasteiger partial charge in [0.1, 0.15) is 12.3 Å². The fourth-order valence-corrected chi connectivity index (χ4v) is 4.93. The van der Waals surface area contributed by atoms with E-state index < -0.39 is 5.72 Å². The maximum absolute atomic E-state index is 7.00. The van der Waals surface area contributed by atoms with E-state index in [2.05, 4.69) is 114 Å². The van der Waals surface area contributed by atoms with E-state index in [0.29, 0.717) is 6.61 Å². The molecule has 2 aliphatic rings. The third kappa shape index (κ3) is 3.26. The normalized spacial score (nSPS) is 23.9. The van der Waals surface area contributed by atoms with Crippen LogP contribution < -0.4 is 0 Å². The Balaban J connectivity index is 1.52. The van der Waals surface area contributed by atoms with E-state index in [4.69, 9.17) is 9.47 Å². The molecule has 32 heavy (non-hydrogen) atoms. The fraction of sp³-hybridized carbons (Fsp3) is 0.172. The number of hydrogen-bond acceptors (Lipinski definition) is 3. The number of nitrogens with zero attached hydrogens (tertiary/aromatic N) is 1. The van der Waals surface area contributed by atoms with Crippen LogP contribution >= 0.6 is 0 Å². The molecule has 0 radical (unpaired) electrons. The SMILES string of the molecule is c1ccc(COC2(c3ccccc3)c3ccccc3C3OC3N2Cc2ccccc2)cc1. The minimum absolute atomic E-state index is 0.0129. The summed E-state index contributed by atoms with van der Waals surface area (Å²) < 4.78 is 13.3. The molecule has 1 saturated heterocycles. The van der Waals surface area contributed by atoms with Crippen LogP contribution in [-0.4, -0.2) is 11.1 Å². The second kappa shape index (κ2) is 8.03. The number of hydrogen-bond donors (Lipinski definition) is 0. The molecule has 0 saturated carbocycles. The molecule has 2 heterocycles. The molecular weight excluding hydrogens is 394 g/mol. The molecular formula is C29H25NO2. The Morgan fingerprint density at radius 2 is 1.28 bits per heavy atom. The number of rotatable bonds is 6. The van der Waals surface area contributed by atoms with Gasteiger partial charge in [-0.1, -0.05) is 115 Å². The van der Waals surface area contributed by atoms with Crippen LogP contribution in [0, 0.1) is 0 Å². The lowest BCUT2D eigenvalue weighted by Gasteiger charge is -2.46. The first-order valence-corrected chi connectivity index (χ1v) is 11.2. The van der Waals surface area contributed by atoms with Gasteiger partial charge in [0.05, 0.1) is 6.61 Å². The molecule has 3 unspecified atom stereocenters. The standard InChI is InChI=1S/C29H25NO2/c1-4-12-22(13-5-1)20-30-28-27(32-28)25-18-10-11-19-26(25)29(30,24-16-8-3-9-17-24)31-21-23-14-6-2-7-15-23/h1-19,27-28H,20-21H2. The van der Waals surface area contributed by atoms with Gasteiger partial charge in [-0.3, -0.25) is 0 Å². The van der Waals surface area contributed by atoms with Gasteiger partial charge in [0.25, 0.3) is 0 Å². The topological polar surface area (TPSA) is 25.0 Å². The summed E-state index contributed by atoms with van der Waals surface area (Å²) in [5.41, 5.74) is 5.15. The van der Waals surface area contributed by atoms with Crippen LogP contribution in [0.4, 0.5) is 0 Å². The van der Waals surface area contributed by atoms with Gasteiger partial charge in [-0.15, -0.1) is 0 Å². The van der Waals surface area contributed by atoms with Crippen molar-refractivity contribution in [2.24, 2.45) is 0 Å². The van der Waals surface area contributed by atoms with Crippen molar-refractivity contribution in [3.63, 3.8) is 0 Å². The second-order valence-corrected chi connectivity index (χ2v) is 8.43. The average Bonchev–Trinajstić information content (AvgIpc) is 3.67. The Labute approximate surface area is 188 Å². The van der Waals surface area contributed by atoms with Crippen molar-refractivity contribution in [2.45, 2.75) is 31.2 Å². The zero-order valence-electron chi connectivity index (χ0n) is 17.8. The van der Waals surface area contributed by atoms with E-state index in [1.165, 1.54) is 11.1 Å². The van der Waals surface area contributed by atoms with E-state index in [-0.39, 0.29) is 12.3 Å². The molecule has 4 aromatic carbocycles. The highest BCUT2D eigenvalue weighted by molar-refractivity contribution is 5.47. The highest BCUT2D eigenvalue weighted by atomic mass is 16.6. The fourth-order valence-electron chi connectivity index (χ4n) is 4.93. The van der Waals surface area contributed by atoms with Crippen LogP contribution in [0.1, 0.15) is 33.9 Å². The Hall–Kier alpha value is -3.24. The third-order valence-corrected chi connectivity index (χ3v) is 6.46. The van der Waals surface area contributed by atoms with E-state index in [0.717, 1.165) is 23.2 Å². The molecule has 6 rings (SSSR count). The van der Waals surface area contributed by atoms with Gasteiger partial charge in [0, 0.05) is 17.7 Å². The van der Waals surface area contributed by atoms with Crippen LogP contribution in [-0.2, 0) is 28.4 Å². The summed E-state index contributed by atoms with van der Waals surface area (Å²) in [7, 11) is 0. The smallest absolute Gasteiger partial charge is 0.177 e. The Kier molecular flexibility index (Phi) is 4.88. The number of ether oxygens (including phenoxy) is 2. The van der Waals surface area contributed by atoms with Crippen molar-refractivity contribution in [1.29, 1.82) is 0 Å². The maximum atomic E-state index is 7.00. The zero-order valence-corrected chi connectivity index (χ0v) is 17.8. The average molecular weight is 420 g/mol. The van der Waals surface area contributed by atoms with Gasteiger partial charge in [-0.25, -0.2) is 4.90 Å². The van der Waals surface area contributed by atoms with Gasteiger partial charge >= 0.3 is 0 Å². The molecule has 0 N–H and O–H groups in total. The molecule has 0 spiro atoms. The molecule has 158 valence electrons. The van der Waals surface area contributed by atoms with E-state index in [1.54, 1.807) is 0 Å². The van der Waals surface area contributed by atoms with Crippen molar-refractivity contribution < 1.29 is 9.47 Å². The van der Waals surface area contributed by atoms with Crippen molar-refractivity contribution in [2.75, 3.05) is 0 Å². The van der Waals surface area contributed by atoms with Crippen molar-refractivity contribution in [3.8, 4) is 0 Å². The molecule has 0 aromatic heterocycles. The second-order valence-electron chi connectivity index (χ2n) is 8.43. The zero-order chi connectivity index (χ0) is 21.4. The number of benzene rings is 4. The third-order valence-electron chi connectivity index (χ3n) is 6.46. The van der Waals surface area contributed by atoms with Crippen LogP contribution in [0.25, 0.3) is 0 Å².